The third-order valence-corrected chi connectivity index (χ3v) is 2.90. The fraction of sp³-hybridized carbons (Fsp3) is 0.333. The van der Waals surface area contributed by atoms with Gasteiger partial charge in [0.15, 0.2) is 0 Å². The van der Waals surface area contributed by atoms with E-state index in [1.807, 2.05) is 31.2 Å². The molecule has 4 nitrogen and oxygen atoms in total. The monoisotopic (exact) mass is 257 g/mol. The molecule has 0 aliphatic heterocycles. The molecule has 19 heavy (non-hydrogen) atoms. The Morgan fingerprint density at radius 3 is 2.68 bits per heavy atom. The Bertz CT molecular complexity index is 587. The van der Waals surface area contributed by atoms with Crippen LogP contribution in [0.2, 0.25) is 0 Å². The highest BCUT2D eigenvalue weighted by Crippen LogP contribution is 2.13. The summed E-state index contributed by atoms with van der Waals surface area (Å²) in [6, 6.07) is 9.53. The molecule has 2 rings (SSSR count). The van der Waals surface area contributed by atoms with E-state index in [1.165, 1.54) is 5.56 Å². The first-order valence-electron chi connectivity index (χ1n) is 6.61. The largest absolute Gasteiger partial charge is 0.326 e. The summed E-state index contributed by atoms with van der Waals surface area (Å²) in [6.45, 7) is 4.16. The summed E-state index contributed by atoms with van der Waals surface area (Å²) >= 11 is 0. The van der Waals surface area contributed by atoms with Gasteiger partial charge in [-0.3, -0.25) is 9.78 Å². The number of anilines is 2. The van der Waals surface area contributed by atoms with Crippen LogP contribution in [-0.4, -0.2) is 9.97 Å². The van der Waals surface area contributed by atoms with Gasteiger partial charge in [-0.2, -0.15) is 0 Å². The molecule has 100 valence electrons. The molecule has 1 aromatic heterocycles. The van der Waals surface area contributed by atoms with Crippen LogP contribution in [-0.2, 0) is 6.42 Å². The van der Waals surface area contributed by atoms with E-state index in [2.05, 4.69) is 22.2 Å². The van der Waals surface area contributed by atoms with Crippen molar-refractivity contribution >= 4 is 11.6 Å². The fourth-order valence-corrected chi connectivity index (χ4v) is 1.83. The Hall–Kier alpha value is -2.10. The van der Waals surface area contributed by atoms with Crippen LogP contribution in [0.1, 0.15) is 31.0 Å². The van der Waals surface area contributed by atoms with Crippen molar-refractivity contribution in [1.82, 2.24) is 9.97 Å². The molecule has 2 N–H and O–H groups in total. The lowest BCUT2D eigenvalue weighted by Crippen LogP contribution is -2.12. The van der Waals surface area contributed by atoms with Crippen molar-refractivity contribution in [1.29, 1.82) is 0 Å². The molecular weight excluding hydrogens is 238 g/mol. The average molecular weight is 257 g/mol. The minimum atomic E-state index is -0.115. The SMILES string of the molecule is CCCCc1cc(=O)[nH]c(Nc2ccc(C)cc2)n1. The van der Waals surface area contributed by atoms with Crippen LogP contribution in [0.5, 0.6) is 0 Å². The molecule has 0 aliphatic rings. The quantitative estimate of drug-likeness (QED) is 0.865. The molecule has 0 aliphatic carbocycles. The predicted octanol–water partition coefficient (Wildman–Crippen LogP) is 3.16. The average Bonchev–Trinajstić information content (AvgIpc) is 2.38. The molecule has 0 saturated heterocycles. The van der Waals surface area contributed by atoms with E-state index < -0.39 is 0 Å². The number of hydrogen-bond acceptors (Lipinski definition) is 3. The number of aryl methyl sites for hydroxylation is 2. The summed E-state index contributed by atoms with van der Waals surface area (Å²) in [5, 5.41) is 3.12. The first-order valence-corrected chi connectivity index (χ1v) is 6.61. The highest BCUT2D eigenvalue weighted by atomic mass is 16.1. The van der Waals surface area contributed by atoms with Crippen molar-refractivity contribution in [2.24, 2.45) is 0 Å². The Morgan fingerprint density at radius 2 is 2.00 bits per heavy atom. The zero-order valence-electron chi connectivity index (χ0n) is 11.4. The van der Waals surface area contributed by atoms with Gasteiger partial charge in [-0.15, -0.1) is 0 Å². The smallest absolute Gasteiger partial charge is 0.252 e. The van der Waals surface area contributed by atoms with E-state index in [-0.39, 0.29) is 5.56 Å². The molecule has 0 saturated carbocycles. The Kier molecular flexibility index (Phi) is 4.34. The lowest BCUT2D eigenvalue weighted by Gasteiger charge is -2.07. The summed E-state index contributed by atoms with van der Waals surface area (Å²) in [4.78, 5) is 18.7. The van der Waals surface area contributed by atoms with Gasteiger partial charge in [0.05, 0.1) is 0 Å². The Labute approximate surface area is 112 Å². The van der Waals surface area contributed by atoms with Gasteiger partial charge in [0.25, 0.3) is 5.56 Å². The summed E-state index contributed by atoms with van der Waals surface area (Å²) in [6.07, 6.45) is 2.97. The molecule has 2 aromatic rings. The van der Waals surface area contributed by atoms with Gasteiger partial charge in [-0.1, -0.05) is 31.0 Å². The summed E-state index contributed by atoms with van der Waals surface area (Å²) < 4.78 is 0. The summed E-state index contributed by atoms with van der Waals surface area (Å²) in [5.41, 5.74) is 2.83. The maximum atomic E-state index is 11.6. The first kappa shape index (κ1) is 13.3. The van der Waals surface area contributed by atoms with Crippen molar-refractivity contribution in [3.05, 3.63) is 51.9 Å². The molecule has 1 heterocycles. The zero-order valence-corrected chi connectivity index (χ0v) is 11.4. The Morgan fingerprint density at radius 1 is 1.26 bits per heavy atom. The summed E-state index contributed by atoms with van der Waals surface area (Å²) in [7, 11) is 0. The second-order valence-corrected chi connectivity index (χ2v) is 4.68. The number of H-pyrrole nitrogens is 1. The molecule has 1 aromatic carbocycles. The number of aromatic amines is 1. The van der Waals surface area contributed by atoms with Crippen LogP contribution in [0.4, 0.5) is 11.6 Å². The number of unbranched alkanes of at least 4 members (excludes halogenated alkanes) is 1. The van der Waals surface area contributed by atoms with Gasteiger partial charge in [-0.25, -0.2) is 4.98 Å². The number of rotatable bonds is 5. The van der Waals surface area contributed by atoms with Gasteiger partial charge in [-0.05, 0) is 31.9 Å². The molecule has 0 bridgehead atoms. The van der Waals surface area contributed by atoms with E-state index in [4.69, 9.17) is 0 Å². The standard InChI is InChI=1S/C15H19N3O/c1-3-4-5-13-10-14(19)18-15(17-13)16-12-8-6-11(2)7-9-12/h6-10H,3-5H2,1-2H3,(H2,16,17,18,19). The highest BCUT2D eigenvalue weighted by Gasteiger charge is 2.01. The van der Waals surface area contributed by atoms with Crippen molar-refractivity contribution in [3.63, 3.8) is 0 Å². The lowest BCUT2D eigenvalue weighted by atomic mass is 10.2. The molecule has 0 fully saturated rings. The van der Waals surface area contributed by atoms with E-state index in [9.17, 15) is 4.79 Å². The molecule has 0 spiro atoms. The van der Waals surface area contributed by atoms with Crippen molar-refractivity contribution in [2.45, 2.75) is 33.1 Å². The van der Waals surface area contributed by atoms with Crippen LogP contribution in [0.25, 0.3) is 0 Å². The van der Waals surface area contributed by atoms with Gasteiger partial charge < -0.3 is 5.32 Å². The van der Waals surface area contributed by atoms with Crippen molar-refractivity contribution in [3.8, 4) is 0 Å². The van der Waals surface area contributed by atoms with Crippen LogP contribution >= 0.6 is 0 Å². The number of nitrogens with one attached hydrogen (secondary N) is 2. The number of benzene rings is 1. The molecular formula is C15H19N3O. The van der Waals surface area contributed by atoms with Crippen LogP contribution in [0, 0.1) is 6.92 Å². The van der Waals surface area contributed by atoms with E-state index >= 15 is 0 Å². The summed E-state index contributed by atoms with van der Waals surface area (Å²) in [5.74, 6) is 0.502. The molecule has 4 heteroatoms. The number of nitrogens with zero attached hydrogens (tertiary/aromatic N) is 1. The lowest BCUT2D eigenvalue weighted by molar-refractivity contribution is 0.772. The van der Waals surface area contributed by atoms with Gasteiger partial charge in [0.2, 0.25) is 5.95 Å². The number of aromatic nitrogens is 2. The van der Waals surface area contributed by atoms with Crippen LogP contribution in [0.15, 0.2) is 35.1 Å². The Balaban J connectivity index is 2.17. The normalized spacial score (nSPS) is 10.4. The second-order valence-electron chi connectivity index (χ2n) is 4.68. The van der Waals surface area contributed by atoms with E-state index in [0.717, 1.165) is 30.6 Å². The van der Waals surface area contributed by atoms with Gasteiger partial charge >= 0.3 is 0 Å². The third kappa shape index (κ3) is 3.95. The topological polar surface area (TPSA) is 57.8 Å². The first-order chi connectivity index (χ1) is 9.17. The molecule has 0 atom stereocenters. The maximum Gasteiger partial charge on any atom is 0.252 e. The van der Waals surface area contributed by atoms with Gasteiger partial charge in [0.1, 0.15) is 0 Å². The minimum absolute atomic E-state index is 0.115. The van der Waals surface area contributed by atoms with Crippen molar-refractivity contribution < 1.29 is 0 Å². The molecule has 0 radical (unpaired) electrons. The van der Waals surface area contributed by atoms with Crippen LogP contribution < -0.4 is 10.9 Å². The van der Waals surface area contributed by atoms with Crippen LogP contribution in [0.3, 0.4) is 0 Å². The van der Waals surface area contributed by atoms with E-state index in [1.54, 1.807) is 6.07 Å². The van der Waals surface area contributed by atoms with Crippen molar-refractivity contribution in [2.75, 3.05) is 5.32 Å². The minimum Gasteiger partial charge on any atom is -0.326 e. The molecule has 0 unspecified atom stereocenters. The maximum absolute atomic E-state index is 11.6. The third-order valence-electron chi connectivity index (χ3n) is 2.90. The second kappa shape index (κ2) is 6.18. The highest BCUT2D eigenvalue weighted by molar-refractivity contribution is 5.53. The fourth-order valence-electron chi connectivity index (χ4n) is 1.83. The molecule has 0 amide bonds. The van der Waals surface area contributed by atoms with E-state index in [0.29, 0.717) is 5.95 Å². The number of hydrogen-bond donors (Lipinski definition) is 2. The predicted molar refractivity (Wildman–Crippen MR) is 77.9 cm³/mol. The van der Waals surface area contributed by atoms with Gasteiger partial charge in [0, 0.05) is 17.4 Å². The zero-order chi connectivity index (χ0) is 13.7.